The quantitative estimate of drug-likeness (QED) is 0.887. The number of carbonyl (C=O) groups excluding carboxylic acids is 2. The maximum Gasteiger partial charge on any atom is 0.289 e. The summed E-state index contributed by atoms with van der Waals surface area (Å²) in [7, 11) is 0. The summed E-state index contributed by atoms with van der Waals surface area (Å²) in [5.74, 6) is 0.0211. The summed E-state index contributed by atoms with van der Waals surface area (Å²) in [6.07, 6.45) is 2.93. The van der Waals surface area contributed by atoms with Crippen LogP contribution in [0.25, 0.3) is 0 Å². The molecule has 22 heavy (non-hydrogen) atoms. The standard InChI is InChI=1S/C15H16N4O3/c16-11-3-4-12(17-10-11)14(20)18-5-7-19(8-6-18)15(21)13-2-1-9-22-13/h1-4,9-10H,5-8,16H2. The van der Waals surface area contributed by atoms with E-state index in [1.165, 1.54) is 12.5 Å². The molecule has 0 radical (unpaired) electrons. The van der Waals surface area contributed by atoms with E-state index in [0.29, 0.717) is 43.3 Å². The molecule has 2 aromatic heterocycles. The van der Waals surface area contributed by atoms with Crippen LogP contribution < -0.4 is 5.73 Å². The third-order valence-electron chi connectivity index (χ3n) is 3.59. The first kappa shape index (κ1) is 14.1. The number of amides is 2. The molecule has 0 spiro atoms. The molecule has 3 heterocycles. The highest BCUT2D eigenvalue weighted by Gasteiger charge is 2.26. The van der Waals surface area contributed by atoms with Crippen LogP contribution in [-0.2, 0) is 0 Å². The second-order valence-corrected chi connectivity index (χ2v) is 5.04. The Morgan fingerprint density at radius 3 is 2.27 bits per heavy atom. The van der Waals surface area contributed by atoms with E-state index >= 15 is 0 Å². The summed E-state index contributed by atoms with van der Waals surface area (Å²) in [6.45, 7) is 1.88. The van der Waals surface area contributed by atoms with E-state index < -0.39 is 0 Å². The Bertz CT molecular complexity index is 659. The van der Waals surface area contributed by atoms with Crippen LogP contribution >= 0.6 is 0 Å². The van der Waals surface area contributed by atoms with E-state index in [1.54, 1.807) is 34.1 Å². The SMILES string of the molecule is Nc1ccc(C(=O)N2CCN(C(=O)c3ccco3)CC2)nc1. The Balaban J connectivity index is 1.60. The van der Waals surface area contributed by atoms with Crippen molar-refractivity contribution in [2.75, 3.05) is 31.9 Å². The number of hydrogen-bond acceptors (Lipinski definition) is 5. The van der Waals surface area contributed by atoms with Gasteiger partial charge in [-0.3, -0.25) is 9.59 Å². The lowest BCUT2D eigenvalue weighted by Crippen LogP contribution is -2.50. The zero-order chi connectivity index (χ0) is 15.5. The number of hydrogen-bond donors (Lipinski definition) is 1. The Hall–Kier alpha value is -2.83. The smallest absolute Gasteiger partial charge is 0.289 e. The summed E-state index contributed by atoms with van der Waals surface area (Å²) in [5, 5.41) is 0. The average Bonchev–Trinajstić information content (AvgIpc) is 3.09. The van der Waals surface area contributed by atoms with Crippen molar-refractivity contribution in [3.05, 3.63) is 48.2 Å². The van der Waals surface area contributed by atoms with Crippen molar-refractivity contribution in [2.24, 2.45) is 0 Å². The monoisotopic (exact) mass is 300 g/mol. The van der Waals surface area contributed by atoms with Crippen molar-refractivity contribution in [3.63, 3.8) is 0 Å². The fraction of sp³-hybridized carbons (Fsp3) is 0.267. The predicted octanol–water partition coefficient (Wildman–Crippen LogP) is 0.855. The van der Waals surface area contributed by atoms with E-state index in [1.807, 2.05) is 0 Å². The highest BCUT2D eigenvalue weighted by Crippen LogP contribution is 2.12. The molecular weight excluding hydrogens is 284 g/mol. The van der Waals surface area contributed by atoms with Gasteiger partial charge < -0.3 is 20.0 Å². The van der Waals surface area contributed by atoms with Gasteiger partial charge in [-0.2, -0.15) is 0 Å². The van der Waals surface area contributed by atoms with Gasteiger partial charge in [0.15, 0.2) is 5.76 Å². The van der Waals surface area contributed by atoms with Gasteiger partial charge in [-0.05, 0) is 24.3 Å². The molecule has 0 saturated carbocycles. The minimum Gasteiger partial charge on any atom is -0.459 e. The maximum absolute atomic E-state index is 12.3. The molecule has 1 fully saturated rings. The Labute approximate surface area is 127 Å². The summed E-state index contributed by atoms with van der Waals surface area (Å²) in [6, 6.07) is 6.58. The van der Waals surface area contributed by atoms with Gasteiger partial charge in [0.25, 0.3) is 11.8 Å². The third kappa shape index (κ3) is 2.78. The molecule has 2 N–H and O–H groups in total. The largest absolute Gasteiger partial charge is 0.459 e. The average molecular weight is 300 g/mol. The van der Waals surface area contributed by atoms with Crippen LogP contribution in [0.4, 0.5) is 5.69 Å². The van der Waals surface area contributed by atoms with Gasteiger partial charge in [-0.15, -0.1) is 0 Å². The summed E-state index contributed by atoms with van der Waals surface area (Å²) < 4.78 is 5.11. The van der Waals surface area contributed by atoms with Crippen LogP contribution in [0.2, 0.25) is 0 Å². The number of anilines is 1. The number of piperazine rings is 1. The Morgan fingerprint density at radius 1 is 1.05 bits per heavy atom. The maximum atomic E-state index is 12.3. The predicted molar refractivity (Wildman–Crippen MR) is 79.2 cm³/mol. The first-order valence-corrected chi connectivity index (χ1v) is 6.99. The lowest BCUT2D eigenvalue weighted by atomic mass is 10.2. The van der Waals surface area contributed by atoms with E-state index in [4.69, 9.17) is 10.2 Å². The van der Waals surface area contributed by atoms with Crippen LogP contribution in [0.3, 0.4) is 0 Å². The Morgan fingerprint density at radius 2 is 1.73 bits per heavy atom. The second kappa shape index (κ2) is 5.88. The van der Waals surface area contributed by atoms with Crippen molar-refractivity contribution in [1.29, 1.82) is 0 Å². The van der Waals surface area contributed by atoms with Gasteiger partial charge in [-0.25, -0.2) is 4.98 Å². The van der Waals surface area contributed by atoms with Crippen molar-refractivity contribution in [2.45, 2.75) is 0 Å². The van der Waals surface area contributed by atoms with E-state index in [-0.39, 0.29) is 11.8 Å². The molecule has 0 bridgehead atoms. The second-order valence-electron chi connectivity index (χ2n) is 5.04. The normalized spacial score (nSPS) is 14.9. The Kier molecular flexibility index (Phi) is 3.78. The van der Waals surface area contributed by atoms with Gasteiger partial charge in [0.05, 0.1) is 18.1 Å². The van der Waals surface area contributed by atoms with Gasteiger partial charge in [-0.1, -0.05) is 0 Å². The van der Waals surface area contributed by atoms with Crippen LogP contribution in [0, 0.1) is 0 Å². The molecule has 3 rings (SSSR count). The number of nitrogens with zero attached hydrogens (tertiary/aromatic N) is 3. The zero-order valence-corrected chi connectivity index (χ0v) is 11.9. The molecule has 114 valence electrons. The highest BCUT2D eigenvalue weighted by atomic mass is 16.3. The molecule has 0 unspecified atom stereocenters. The molecule has 1 aliphatic heterocycles. The number of pyridine rings is 1. The molecule has 7 nitrogen and oxygen atoms in total. The minimum atomic E-state index is -0.150. The highest BCUT2D eigenvalue weighted by molar-refractivity contribution is 5.93. The van der Waals surface area contributed by atoms with E-state index in [0.717, 1.165) is 0 Å². The topological polar surface area (TPSA) is 92.7 Å². The molecule has 0 aliphatic carbocycles. The van der Waals surface area contributed by atoms with Crippen LogP contribution in [0.15, 0.2) is 41.1 Å². The van der Waals surface area contributed by atoms with Crippen molar-refractivity contribution in [3.8, 4) is 0 Å². The van der Waals surface area contributed by atoms with Crippen LogP contribution in [0.5, 0.6) is 0 Å². The number of nitrogens with two attached hydrogens (primary N) is 1. The third-order valence-corrected chi connectivity index (χ3v) is 3.59. The van der Waals surface area contributed by atoms with Crippen LogP contribution in [-0.4, -0.2) is 52.8 Å². The first-order valence-electron chi connectivity index (χ1n) is 6.99. The number of carbonyl (C=O) groups is 2. The lowest BCUT2D eigenvalue weighted by Gasteiger charge is -2.34. The summed E-state index contributed by atoms with van der Waals surface area (Å²) >= 11 is 0. The molecule has 1 aliphatic rings. The van der Waals surface area contributed by atoms with Gasteiger partial charge >= 0.3 is 0 Å². The molecule has 2 aromatic rings. The fourth-order valence-corrected chi connectivity index (χ4v) is 2.36. The van der Waals surface area contributed by atoms with E-state index in [9.17, 15) is 9.59 Å². The number of furan rings is 1. The number of nitrogen functional groups attached to an aromatic ring is 1. The molecule has 2 amide bonds. The zero-order valence-electron chi connectivity index (χ0n) is 11.9. The molecule has 7 heteroatoms. The minimum absolute atomic E-state index is 0.148. The number of aromatic nitrogens is 1. The van der Waals surface area contributed by atoms with Crippen molar-refractivity contribution < 1.29 is 14.0 Å². The summed E-state index contributed by atoms with van der Waals surface area (Å²) in [4.78, 5) is 31.9. The van der Waals surface area contributed by atoms with Gasteiger partial charge in [0.1, 0.15) is 5.69 Å². The van der Waals surface area contributed by atoms with E-state index in [2.05, 4.69) is 4.98 Å². The molecular formula is C15H16N4O3. The van der Waals surface area contributed by atoms with Crippen LogP contribution in [0.1, 0.15) is 21.0 Å². The molecule has 0 atom stereocenters. The molecule has 1 saturated heterocycles. The molecule has 0 aromatic carbocycles. The first-order chi connectivity index (χ1) is 10.6. The summed E-state index contributed by atoms with van der Waals surface area (Å²) in [5.41, 5.74) is 6.44. The fourth-order valence-electron chi connectivity index (χ4n) is 2.36. The van der Waals surface area contributed by atoms with Crippen molar-refractivity contribution in [1.82, 2.24) is 14.8 Å². The number of rotatable bonds is 2. The lowest BCUT2D eigenvalue weighted by molar-refractivity contribution is 0.0515. The van der Waals surface area contributed by atoms with Crippen molar-refractivity contribution >= 4 is 17.5 Å². The van der Waals surface area contributed by atoms with Gasteiger partial charge in [0, 0.05) is 26.2 Å². The van der Waals surface area contributed by atoms with Gasteiger partial charge in [0.2, 0.25) is 0 Å².